The van der Waals surface area contributed by atoms with Gasteiger partial charge in [-0.05, 0) is 23.1 Å². The molecule has 144 valence electrons. The lowest BCUT2D eigenvalue weighted by atomic mass is 10.0. The van der Waals surface area contributed by atoms with Gasteiger partial charge in [0.25, 0.3) is 5.91 Å². The second-order valence-electron chi connectivity index (χ2n) is 6.45. The summed E-state index contributed by atoms with van der Waals surface area (Å²) in [4.78, 5) is 40.6. The summed E-state index contributed by atoms with van der Waals surface area (Å²) in [7, 11) is 0. The van der Waals surface area contributed by atoms with Crippen LogP contribution in [0.2, 0.25) is 0 Å². The lowest BCUT2D eigenvalue weighted by Gasteiger charge is -2.18. The molecule has 0 bridgehead atoms. The topological polar surface area (TPSA) is 97.5 Å². The van der Waals surface area contributed by atoms with Crippen molar-refractivity contribution in [2.24, 2.45) is 0 Å². The van der Waals surface area contributed by atoms with Crippen LogP contribution in [0.15, 0.2) is 48.0 Å². The molecule has 0 aliphatic carbocycles. The second-order valence-corrected chi connectivity index (χ2v) is 7.40. The average molecular weight is 398 g/mol. The maximum atomic E-state index is 12.8. The first-order valence-corrected chi connectivity index (χ1v) is 9.76. The van der Waals surface area contributed by atoms with Crippen molar-refractivity contribution in [3.8, 4) is 0 Å². The summed E-state index contributed by atoms with van der Waals surface area (Å²) >= 11 is 1.28. The first-order chi connectivity index (χ1) is 13.6. The van der Waals surface area contributed by atoms with Gasteiger partial charge in [0.2, 0.25) is 6.10 Å². The average Bonchev–Trinajstić information content (AvgIpc) is 3.44. The van der Waals surface area contributed by atoms with Gasteiger partial charge in [0.15, 0.2) is 0 Å². The lowest BCUT2D eigenvalue weighted by Crippen LogP contribution is -2.44. The fourth-order valence-electron chi connectivity index (χ4n) is 3.16. The van der Waals surface area contributed by atoms with Gasteiger partial charge in [0.05, 0.1) is 11.5 Å². The number of thiophene rings is 1. The van der Waals surface area contributed by atoms with E-state index in [-0.39, 0.29) is 18.9 Å². The van der Waals surface area contributed by atoms with E-state index >= 15 is 0 Å². The Balaban J connectivity index is 1.56. The van der Waals surface area contributed by atoms with Crippen molar-refractivity contribution in [3.05, 3.63) is 58.4 Å². The van der Waals surface area contributed by atoms with E-state index in [4.69, 9.17) is 9.47 Å². The van der Waals surface area contributed by atoms with E-state index in [1.807, 2.05) is 30.5 Å². The van der Waals surface area contributed by atoms with Crippen molar-refractivity contribution in [1.29, 1.82) is 0 Å². The number of para-hydroxylation sites is 1. The molecule has 2 atom stereocenters. The van der Waals surface area contributed by atoms with E-state index in [0.717, 1.165) is 16.5 Å². The summed E-state index contributed by atoms with van der Waals surface area (Å²) in [5.41, 5.74) is 1.81. The Kier molecular flexibility index (Phi) is 5.12. The van der Waals surface area contributed by atoms with Crippen LogP contribution in [0.5, 0.6) is 0 Å². The Bertz CT molecular complexity index is 1010. The molecule has 8 heteroatoms. The minimum absolute atomic E-state index is 0.228. The van der Waals surface area contributed by atoms with Gasteiger partial charge < -0.3 is 19.8 Å². The number of amides is 1. The third-order valence-electron chi connectivity index (χ3n) is 4.58. The van der Waals surface area contributed by atoms with Gasteiger partial charge >= 0.3 is 11.9 Å². The number of benzene rings is 1. The van der Waals surface area contributed by atoms with Gasteiger partial charge in [-0.3, -0.25) is 4.79 Å². The molecule has 3 heterocycles. The highest BCUT2D eigenvalue weighted by Gasteiger charge is 2.34. The van der Waals surface area contributed by atoms with Crippen LogP contribution in [0.4, 0.5) is 0 Å². The van der Waals surface area contributed by atoms with Crippen molar-refractivity contribution in [2.75, 3.05) is 6.61 Å². The second kappa shape index (κ2) is 7.85. The smallest absolute Gasteiger partial charge is 0.347 e. The van der Waals surface area contributed by atoms with Crippen molar-refractivity contribution in [1.82, 2.24) is 10.3 Å². The van der Waals surface area contributed by atoms with Crippen molar-refractivity contribution >= 4 is 40.1 Å². The number of rotatable bonds is 6. The number of fused-ring (bicyclic) bond motifs is 1. The van der Waals surface area contributed by atoms with Crippen LogP contribution in [-0.4, -0.2) is 41.6 Å². The number of H-pyrrole nitrogens is 1. The minimum Gasteiger partial charge on any atom is -0.463 e. The van der Waals surface area contributed by atoms with Crippen molar-refractivity contribution in [3.63, 3.8) is 0 Å². The van der Waals surface area contributed by atoms with Crippen LogP contribution in [0, 0.1) is 0 Å². The number of carbonyl (C=O) groups is 3. The molecular weight excluding hydrogens is 380 g/mol. The summed E-state index contributed by atoms with van der Waals surface area (Å²) in [5, 5.41) is 5.49. The van der Waals surface area contributed by atoms with Gasteiger partial charge in [0, 0.05) is 29.9 Å². The van der Waals surface area contributed by atoms with Crippen LogP contribution in [0.25, 0.3) is 10.9 Å². The Morgan fingerprint density at radius 3 is 2.89 bits per heavy atom. The van der Waals surface area contributed by atoms with Crippen LogP contribution in [0.1, 0.15) is 21.7 Å². The highest BCUT2D eigenvalue weighted by Crippen LogP contribution is 2.21. The number of hydrogen-bond donors (Lipinski definition) is 2. The van der Waals surface area contributed by atoms with Gasteiger partial charge in [-0.1, -0.05) is 24.3 Å². The van der Waals surface area contributed by atoms with Crippen LogP contribution in [-0.2, 0) is 25.5 Å². The minimum atomic E-state index is -0.929. The number of esters is 2. The number of ether oxygens (including phenoxy) is 2. The van der Waals surface area contributed by atoms with Crippen LogP contribution in [0.3, 0.4) is 0 Å². The Labute approximate surface area is 164 Å². The summed E-state index contributed by atoms with van der Waals surface area (Å²) in [5.74, 6) is -1.56. The molecule has 1 aromatic carbocycles. The normalized spacial score (nSPS) is 17.3. The van der Waals surface area contributed by atoms with Gasteiger partial charge in [-0.2, -0.15) is 0 Å². The van der Waals surface area contributed by atoms with Gasteiger partial charge in [0.1, 0.15) is 6.04 Å². The Morgan fingerprint density at radius 2 is 2.14 bits per heavy atom. The van der Waals surface area contributed by atoms with Gasteiger partial charge in [-0.15, -0.1) is 11.3 Å². The molecule has 1 aliphatic rings. The number of cyclic esters (lactones) is 1. The standard InChI is InChI=1S/C20H18N2O5S/c23-18(17-6-3-9-28-17)22-15(19(24)27-16-7-8-26-20(16)25)10-12-11-21-14-5-2-1-4-13(12)14/h1-6,9,11,15-16,21H,7-8,10H2,(H,22,23). The molecule has 0 saturated carbocycles. The first-order valence-electron chi connectivity index (χ1n) is 8.88. The maximum Gasteiger partial charge on any atom is 0.347 e. The zero-order chi connectivity index (χ0) is 19.5. The van der Waals surface area contributed by atoms with E-state index in [0.29, 0.717) is 11.3 Å². The summed E-state index contributed by atoms with van der Waals surface area (Å²) in [6.07, 6.45) is 1.45. The maximum absolute atomic E-state index is 12.8. The molecule has 1 fully saturated rings. The van der Waals surface area contributed by atoms with E-state index in [1.165, 1.54) is 11.3 Å². The van der Waals surface area contributed by atoms with Crippen LogP contribution < -0.4 is 5.32 Å². The largest absolute Gasteiger partial charge is 0.463 e. The van der Waals surface area contributed by atoms with Crippen molar-refractivity contribution < 1.29 is 23.9 Å². The highest BCUT2D eigenvalue weighted by atomic mass is 32.1. The molecule has 3 aromatic rings. The third kappa shape index (κ3) is 3.77. The zero-order valence-electron chi connectivity index (χ0n) is 14.8. The SMILES string of the molecule is O=C(NC(Cc1c[nH]c2ccccc12)C(=O)OC1CCOC1=O)c1cccs1. The van der Waals surface area contributed by atoms with Crippen LogP contribution >= 0.6 is 11.3 Å². The molecular formula is C20H18N2O5S. The molecule has 4 rings (SSSR count). The van der Waals surface area contributed by atoms with Gasteiger partial charge in [-0.25, -0.2) is 9.59 Å². The third-order valence-corrected chi connectivity index (χ3v) is 5.45. The molecule has 1 aliphatic heterocycles. The highest BCUT2D eigenvalue weighted by molar-refractivity contribution is 7.12. The number of aromatic nitrogens is 1. The molecule has 7 nitrogen and oxygen atoms in total. The van der Waals surface area contributed by atoms with E-state index in [1.54, 1.807) is 17.5 Å². The fraction of sp³-hybridized carbons (Fsp3) is 0.250. The monoisotopic (exact) mass is 398 g/mol. The summed E-state index contributed by atoms with van der Waals surface area (Å²) in [6.45, 7) is 0.228. The molecule has 28 heavy (non-hydrogen) atoms. The molecule has 2 aromatic heterocycles. The zero-order valence-corrected chi connectivity index (χ0v) is 15.7. The fourth-order valence-corrected chi connectivity index (χ4v) is 3.78. The molecule has 1 amide bonds. The number of nitrogens with one attached hydrogen (secondary N) is 2. The predicted molar refractivity (Wildman–Crippen MR) is 103 cm³/mol. The predicted octanol–water partition coefficient (Wildman–Crippen LogP) is 2.43. The van der Waals surface area contributed by atoms with E-state index in [9.17, 15) is 14.4 Å². The molecule has 0 radical (unpaired) electrons. The Morgan fingerprint density at radius 1 is 1.29 bits per heavy atom. The quantitative estimate of drug-likeness (QED) is 0.622. The first kappa shape index (κ1) is 18.2. The molecule has 0 spiro atoms. The van der Waals surface area contributed by atoms with Crippen molar-refractivity contribution in [2.45, 2.75) is 25.0 Å². The molecule has 2 unspecified atom stereocenters. The lowest BCUT2D eigenvalue weighted by molar-refractivity contribution is -0.161. The molecule has 2 N–H and O–H groups in total. The summed E-state index contributed by atoms with van der Waals surface area (Å²) < 4.78 is 10.2. The number of hydrogen-bond acceptors (Lipinski definition) is 6. The van der Waals surface area contributed by atoms with E-state index < -0.39 is 24.1 Å². The Hall–Kier alpha value is -3.13. The number of aromatic amines is 1. The molecule has 1 saturated heterocycles. The number of carbonyl (C=O) groups excluding carboxylic acids is 3. The van der Waals surface area contributed by atoms with E-state index in [2.05, 4.69) is 10.3 Å². The summed E-state index contributed by atoms with van der Waals surface area (Å²) in [6, 6.07) is 10.2.